The number of hydrogen-bond acceptors (Lipinski definition) is 2. The number of nitrogens with zero attached hydrogens (tertiary/aromatic N) is 3. The first-order chi connectivity index (χ1) is 9.21. The van der Waals surface area contributed by atoms with Gasteiger partial charge < -0.3 is 4.57 Å². The van der Waals surface area contributed by atoms with Crippen LogP contribution in [-0.2, 0) is 6.42 Å². The molecule has 2 rings (SSSR count). The maximum Gasteiger partial charge on any atom is 0.160 e. The average molecular weight is 280 g/mol. The average Bonchev–Trinajstić information content (AvgIpc) is 2.73. The van der Waals surface area contributed by atoms with Gasteiger partial charge in [0.25, 0.3) is 0 Å². The van der Waals surface area contributed by atoms with E-state index >= 15 is 0 Å². The SMILES string of the molecule is CCCC(CC)n1c(CCCl)nc2cc(C)cnc21. The molecule has 2 heterocycles. The Morgan fingerprint density at radius 2 is 2.16 bits per heavy atom. The summed E-state index contributed by atoms with van der Waals surface area (Å²) in [4.78, 5) is 9.32. The summed E-state index contributed by atoms with van der Waals surface area (Å²) in [5, 5.41) is 0. The van der Waals surface area contributed by atoms with E-state index in [9.17, 15) is 0 Å². The molecule has 0 N–H and O–H groups in total. The molecule has 0 aliphatic heterocycles. The molecule has 0 aromatic carbocycles. The molecule has 104 valence electrons. The van der Waals surface area contributed by atoms with Gasteiger partial charge in [-0.1, -0.05) is 20.3 Å². The number of rotatable bonds is 6. The van der Waals surface area contributed by atoms with Crippen molar-refractivity contribution >= 4 is 22.8 Å². The minimum Gasteiger partial charge on any atom is -0.310 e. The minimum atomic E-state index is 0.475. The lowest BCUT2D eigenvalue weighted by Crippen LogP contribution is -2.12. The second-order valence-corrected chi connectivity index (χ2v) is 5.42. The highest BCUT2D eigenvalue weighted by Crippen LogP contribution is 2.26. The quantitative estimate of drug-likeness (QED) is 0.739. The van der Waals surface area contributed by atoms with Crippen molar-refractivity contribution in [3.8, 4) is 0 Å². The van der Waals surface area contributed by atoms with E-state index in [0.29, 0.717) is 11.9 Å². The van der Waals surface area contributed by atoms with Crippen LogP contribution in [0.5, 0.6) is 0 Å². The first-order valence-corrected chi connectivity index (χ1v) is 7.64. The number of aryl methyl sites for hydroxylation is 2. The number of alkyl halides is 1. The van der Waals surface area contributed by atoms with Crippen LogP contribution in [0.3, 0.4) is 0 Å². The van der Waals surface area contributed by atoms with E-state index in [4.69, 9.17) is 16.6 Å². The summed E-state index contributed by atoms with van der Waals surface area (Å²) in [5.41, 5.74) is 3.15. The van der Waals surface area contributed by atoms with Gasteiger partial charge >= 0.3 is 0 Å². The summed E-state index contributed by atoms with van der Waals surface area (Å²) in [6.07, 6.45) is 6.15. The predicted octanol–water partition coefficient (Wildman–Crippen LogP) is 4.27. The van der Waals surface area contributed by atoms with Gasteiger partial charge in [-0.2, -0.15) is 0 Å². The Balaban J connectivity index is 2.56. The molecule has 0 aliphatic carbocycles. The summed E-state index contributed by atoms with van der Waals surface area (Å²) in [6, 6.07) is 2.58. The molecular formula is C15H22ClN3. The lowest BCUT2D eigenvalue weighted by molar-refractivity contribution is 0.443. The third-order valence-electron chi connectivity index (χ3n) is 3.52. The predicted molar refractivity (Wildman–Crippen MR) is 80.9 cm³/mol. The zero-order chi connectivity index (χ0) is 13.8. The van der Waals surface area contributed by atoms with E-state index in [1.165, 1.54) is 6.42 Å². The number of fused-ring (bicyclic) bond motifs is 1. The van der Waals surface area contributed by atoms with Crippen molar-refractivity contribution in [1.82, 2.24) is 14.5 Å². The van der Waals surface area contributed by atoms with Gasteiger partial charge in [0.1, 0.15) is 11.3 Å². The summed E-state index contributed by atoms with van der Waals surface area (Å²) in [5.74, 6) is 1.67. The third kappa shape index (κ3) is 2.92. The monoisotopic (exact) mass is 279 g/mol. The molecule has 2 aromatic heterocycles. The smallest absolute Gasteiger partial charge is 0.160 e. The van der Waals surface area contributed by atoms with Crippen molar-refractivity contribution in [2.45, 2.75) is 52.5 Å². The van der Waals surface area contributed by atoms with Gasteiger partial charge in [-0.15, -0.1) is 11.6 Å². The fourth-order valence-electron chi connectivity index (χ4n) is 2.62. The van der Waals surface area contributed by atoms with Gasteiger partial charge in [0.15, 0.2) is 5.65 Å². The van der Waals surface area contributed by atoms with Crippen molar-refractivity contribution in [1.29, 1.82) is 0 Å². The van der Waals surface area contributed by atoms with Crippen LogP contribution >= 0.6 is 11.6 Å². The van der Waals surface area contributed by atoms with Crippen molar-refractivity contribution in [2.75, 3.05) is 5.88 Å². The summed E-state index contributed by atoms with van der Waals surface area (Å²) >= 11 is 5.92. The Bertz CT molecular complexity index is 548. The standard InChI is InChI=1S/C15H22ClN3/c1-4-6-12(5-2)19-14(7-8-16)18-13-9-11(3)10-17-15(13)19/h9-10,12H,4-8H2,1-3H3. The van der Waals surface area contributed by atoms with E-state index in [1.807, 2.05) is 6.20 Å². The van der Waals surface area contributed by atoms with E-state index in [-0.39, 0.29) is 0 Å². The Morgan fingerprint density at radius 3 is 2.79 bits per heavy atom. The first kappa shape index (κ1) is 14.3. The second-order valence-electron chi connectivity index (χ2n) is 5.04. The van der Waals surface area contributed by atoms with E-state index in [2.05, 4.69) is 36.4 Å². The lowest BCUT2D eigenvalue weighted by Gasteiger charge is -2.19. The van der Waals surface area contributed by atoms with Crippen LogP contribution in [0.25, 0.3) is 11.2 Å². The maximum absolute atomic E-state index is 5.92. The van der Waals surface area contributed by atoms with Gasteiger partial charge in [0.2, 0.25) is 0 Å². The first-order valence-electron chi connectivity index (χ1n) is 7.10. The highest BCUT2D eigenvalue weighted by molar-refractivity contribution is 6.17. The van der Waals surface area contributed by atoms with Crippen molar-refractivity contribution in [3.63, 3.8) is 0 Å². The molecule has 19 heavy (non-hydrogen) atoms. The Hall–Kier alpha value is -1.09. The van der Waals surface area contributed by atoms with E-state index in [1.54, 1.807) is 0 Å². The Morgan fingerprint density at radius 1 is 1.37 bits per heavy atom. The van der Waals surface area contributed by atoms with Crippen LogP contribution in [0.15, 0.2) is 12.3 Å². The molecule has 0 saturated carbocycles. The molecule has 0 bridgehead atoms. The molecule has 0 aliphatic rings. The highest BCUT2D eigenvalue weighted by atomic mass is 35.5. The molecular weight excluding hydrogens is 258 g/mol. The van der Waals surface area contributed by atoms with Gasteiger partial charge in [-0.25, -0.2) is 9.97 Å². The van der Waals surface area contributed by atoms with Gasteiger partial charge in [-0.05, 0) is 31.4 Å². The number of imidazole rings is 1. The van der Waals surface area contributed by atoms with Crippen LogP contribution in [0.1, 0.15) is 50.5 Å². The van der Waals surface area contributed by atoms with E-state index < -0.39 is 0 Å². The zero-order valence-corrected chi connectivity index (χ0v) is 12.7. The molecule has 0 radical (unpaired) electrons. The largest absolute Gasteiger partial charge is 0.310 e. The van der Waals surface area contributed by atoms with Crippen LogP contribution in [0.4, 0.5) is 0 Å². The van der Waals surface area contributed by atoms with Crippen LogP contribution in [0.2, 0.25) is 0 Å². The molecule has 0 fully saturated rings. The van der Waals surface area contributed by atoms with Crippen molar-refractivity contribution in [3.05, 3.63) is 23.7 Å². The van der Waals surface area contributed by atoms with Crippen LogP contribution in [0, 0.1) is 6.92 Å². The second kappa shape index (κ2) is 6.38. The van der Waals surface area contributed by atoms with Crippen molar-refractivity contribution < 1.29 is 0 Å². The fourth-order valence-corrected chi connectivity index (χ4v) is 2.79. The highest BCUT2D eigenvalue weighted by Gasteiger charge is 2.18. The van der Waals surface area contributed by atoms with Crippen LogP contribution in [-0.4, -0.2) is 20.4 Å². The molecule has 1 unspecified atom stereocenters. The number of halogens is 1. The maximum atomic E-state index is 5.92. The topological polar surface area (TPSA) is 30.7 Å². The summed E-state index contributed by atoms with van der Waals surface area (Å²) in [6.45, 7) is 6.50. The molecule has 4 heteroatoms. The number of pyridine rings is 1. The molecule has 2 aromatic rings. The molecule has 3 nitrogen and oxygen atoms in total. The molecule has 0 saturated heterocycles. The zero-order valence-electron chi connectivity index (χ0n) is 12.0. The minimum absolute atomic E-state index is 0.475. The summed E-state index contributed by atoms with van der Waals surface area (Å²) in [7, 11) is 0. The fraction of sp³-hybridized carbons (Fsp3) is 0.600. The third-order valence-corrected chi connectivity index (χ3v) is 3.71. The van der Waals surface area contributed by atoms with Crippen molar-refractivity contribution in [2.24, 2.45) is 0 Å². The van der Waals surface area contributed by atoms with E-state index in [0.717, 1.165) is 41.8 Å². The number of hydrogen-bond donors (Lipinski definition) is 0. The molecule has 0 amide bonds. The Kier molecular flexibility index (Phi) is 4.81. The lowest BCUT2D eigenvalue weighted by atomic mass is 10.1. The summed E-state index contributed by atoms with van der Waals surface area (Å²) < 4.78 is 2.31. The van der Waals surface area contributed by atoms with Gasteiger partial charge in [0.05, 0.1) is 0 Å². The molecule has 1 atom stereocenters. The van der Waals surface area contributed by atoms with Crippen LogP contribution < -0.4 is 0 Å². The Labute approximate surface area is 120 Å². The van der Waals surface area contributed by atoms with Gasteiger partial charge in [0, 0.05) is 24.5 Å². The number of aromatic nitrogens is 3. The molecule has 0 spiro atoms. The normalized spacial score (nSPS) is 13.1. The van der Waals surface area contributed by atoms with Gasteiger partial charge in [-0.3, -0.25) is 0 Å².